The first-order valence-corrected chi connectivity index (χ1v) is 9.83. The smallest absolute Gasteiger partial charge is 0.275 e. The maximum absolute atomic E-state index is 12.8. The van der Waals surface area contributed by atoms with E-state index in [9.17, 15) is 9.90 Å². The normalized spacial score (nSPS) is 11.5. The molecule has 4 heteroatoms. The molecule has 4 nitrogen and oxygen atoms in total. The molecule has 3 aromatic rings. The minimum atomic E-state index is -0.406. The Balaban J connectivity index is 1.84. The van der Waals surface area contributed by atoms with E-state index in [2.05, 4.69) is 17.5 Å². The van der Waals surface area contributed by atoms with Crippen LogP contribution in [0.5, 0.6) is 5.75 Å². The number of benzene rings is 3. The van der Waals surface area contributed by atoms with Crippen LogP contribution < -0.4 is 5.43 Å². The standard InChI is InChI=1S/C24H26N2O2/c1-2-3-4-8-15-21(19-12-6-5-7-13-19)25-26-24(28)23-20-14-10-9-11-18(20)16-17-22(23)27/h5-7,9-14,16-17,27H,2-4,8,15H2,1H3,(H,26,28)/b25-21-. The number of aromatic hydroxyl groups is 1. The van der Waals surface area contributed by atoms with Gasteiger partial charge in [0.25, 0.3) is 5.91 Å². The van der Waals surface area contributed by atoms with Crippen molar-refractivity contribution in [3.8, 4) is 5.75 Å². The van der Waals surface area contributed by atoms with Crippen LogP contribution >= 0.6 is 0 Å². The second-order valence-electron chi connectivity index (χ2n) is 6.86. The van der Waals surface area contributed by atoms with Gasteiger partial charge in [0.05, 0.1) is 11.3 Å². The van der Waals surface area contributed by atoms with Crippen molar-refractivity contribution in [3.05, 3.63) is 77.9 Å². The third kappa shape index (κ3) is 4.77. The Kier molecular flexibility index (Phi) is 6.79. The lowest BCUT2D eigenvalue weighted by atomic mass is 10.0. The van der Waals surface area contributed by atoms with Crippen LogP contribution in [0.1, 0.15) is 54.9 Å². The van der Waals surface area contributed by atoms with Gasteiger partial charge in [0.2, 0.25) is 0 Å². The van der Waals surface area contributed by atoms with E-state index in [4.69, 9.17) is 0 Å². The van der Waals surface area contributed by atoms with Gasteiger partial charge in [-0.2, -0.15) is 5.10 Å². The number of unbranched alkanes of at least 4 members (excludes halogenated alkanes) is 3. The van der Waals surface area contributed by atoms with Gasteiger partial charge in [0, 0.05) is 0 Å². The number of phenolic OH excluding ortho intramolecular Hbond substituents is 1. The molecule has 0 radical (unpaired) electrons. The van der Waals surface area contributed by atoms with E-state index in [1.807, 2.05) is 54.6 Å². The van der Waals surface area contributed by atoms with Crippen LogP contribution in [-0.2, 0) is 0 Å². The van der Waals surface area contributed by atoms with Gasteiger partial charge >= 0.3 is 0 Å². The molecule has 144 valence electrons. The van der Waals surface area contributed by atoms with Gasteiger partial charge in [-0.3, -0.25) is 4.79 Å². The van der Waals surface area contributed by atoms with E-state index in [1.165, 1.54) is 12.8 Å². The summed E-state index contributed by atoms with van der Waals surface area (Å²) >= 11 is 0. The first-order valence-electron chi connectivity index (χ1n) is 9.83. The van der Waals surface area contributed by atoms with Crippen molar-refractivity contribution in [3.63, 3.8) is 0 Å². The molecule has 0 saturated heterocycles. The van der Waals surface area contributed by atoms with Crippen LogP contribution in [0.15, 0.2) is 71.8 Å². The van der Waals surface area contributed by atoms with Crippen molar-refractivity contribution in [2.75, 3.05) is 0 Å². The highest BCUT2D eigenvalue weighted by Crippen LogP contribution is 2.27. The number of rotatable bonds is 8. The molecule has 3 rings (SSSR count). The lowest BCUT2D eigenvalue weighted by Crippen LogP contribution is -2.20. The van der Waals surface area contributed by atoms with Gasteiger partial charge in [-0.1, -0.05) is 86.8 Å². The van der Waals surface area contributed by atoms with Crippen LogP contribution in [0.25, 0.3) is 10.8 Å². The maximum Gasteiger partial charge on any atom is 0.275 e. The van der Waals surface area contributed by atoms with Gasteiger partial charge in [-0.25, -0.2) is 5.43 Å². The number of hydrogen-bond donors (Lipinski definition) is 2. The topological polar surface area (TPSA) is 61.7 Å². The number of hydrogen-bond acceptors (Lipinski definition) is 3. The summed E-state index contributed by atoms with van der Waals surface area (Å²) in [5, 5.41) is 16.3. The monoisotopic (exact) mass is 374 g/mol. The van der Waals surface area contributed by atoms with E-state index in [0.29, 0.717) is 5.39 Å². The lowest BCUT2D eigenvalue weighted by Gasteiger charge is -2.10. The molecular formula is C24H26N2O2. The zero-order valence-electron chi connectivity index (χ0n) is 16.2. The average molecular weight is 374 g/mol. The number of nitrogens with one attached hydrogen (secondary N) is 1. The summed E-state index contributed by atoms with van der Waals surface area (Å²) in [7, 11) is 0. The van der Waals surface area contributed by atoms with Crippen molar-refractivity contribution in [2.45, 2.75) is 39.0 Å². The summed E-state index contributed by atoms with van der Waals surface area (Å²) in [5.41, 5.74) is 4.76. The van der Waals surface area contributed by atoms with Crippen LogP contribution in [0, 0.1) is 0 Å². The average Bonchev–Trinajstić information content (AvgIpc) is 2.73. The van der Waals surface area contributed by atoms with Crippen molar-refractivity contribution < 1.29 is 9.90 Å². The molecule has 0 aliphatic heterocycles. The first kappa shape index (κ1) is 19.6. The van der Waals surface area contributed by atoms with Crippen molar-refractivity contribution in [2.24, 2.45) is 5.10 Å². The first-order chi connectivity index (χ1) is 13.7. The van der Waals surface area contributed by atoms with E-state index in [1.54, 1.807) is 12.1 Å². The highest BCUT2D eigenvalue weighted by molar-refractivity contribution is 6.10. The Bertz CT molecular complexity index is 965. The molecule has 0 aliphatic rings. The fraction of sp³-hybridized carbons (Fsp3) is 0.250. The SMILES string of the molecule is CCCCCC/C(=N/NC(=O)c1c(O)ccc2ccccc12)c1ccccc1. The number of carbonyl (C=O) groups excluding carboxylic acids is 1. The molecule has 0 bridgehead atoms. The third-order valence-electron chi connectivity index (χ3n) is 4.80. The minimum absolute atomic E-state index is 0.0457. The van der Waals surface area contributed by atoms with Crippen LogP contribution in [0.4, 0.5) is 0 Å². The lowest BCUT2D eigenvalue weighted by molar-refractivity contribution is 0.0954. The molecule has 0 aromatic heterocycles. The van der Waals surface area contributed by atoms with E-state index in [0.717, 1.165) is 35.9 Å². The second-order valence-corrected chi connectivity index (χ2v) is 6.86. The third-order valence-corrected chi connectivity index (χ3v) is 4.80. The number of carbonyl (C=O) groups is 1. The van der Waals surface area contributed by atoms with Crippen LogP contribution in [0.3, 0.4) is 0 Å². The van der Waals surface area contributed by atoms with Gasteiger partial charge in [0.1, 0.15) is 5.75 Å². The predicted octanol–water partition coefficient (Wildman–Crippen LogP) is 5.65. The van der Waals surface area contributed by atoms with Crippen molar-refractivity contribution in [1.82, 2.24) is 5.43 Å². The Hall–Kier alpha value is -3.14. The molecular weight excluding hydrogens is 348 g/mol. The number of hydrazone groups is 1. The minimum Gasteiger partial charge on any atom is -0.507 e. The fourth-order valence-electron chi connectivity index (χ4n) is 3.29. The van der Waals surface area contributed by atoms with E-state index < -0.39 is 5.91 Å². The van der Waals surface area contributed by atoms with Gasteiger partial charge < -0.3 is 5.11 Å². The zero-order chi connectivity index (χ0) is 19.8. The Morgan fingerprint density at radius 1 is 0.929 bits per heavy atom. The summed E-state index contributed by atoms with van der Waals surface area (Å²) < 4.78 is 0. The molecule has 28 heavy (non-hydrogen) atoms. The molecule has 3 aromatic carbocycles. The molecule has 0 aliphatic carbocycles. The Morgan fingerprint density at radius 3 is 2.46 bits per heavy atom. The summed E-state index contributed by atoms with van der Waals surface area (Å²) in [4.78, 5) is 12.8. The number of phenols is 1. The van der Waals surface area contributed by atoms with Crippen molar-refractivity contribution >= 4 is 22.4 Å². The van der Waals surface area contributed by atoms with Crippen LogP contribution in [-0.4, -0.2) is 16.7 Å². The quantitative estimate of drug-likeness (QED) is 0.304. The summed E-state index contributed by atoms with van der Waals surface area (Å²) in [6.07, 6.45) is 5.33. The number of amides is 1. The number of fused-ring (bicyclic) bond motifs is 1. The van der Waals surface area contributed by atoms with Gasteiger partial charge in [-0.15, -0.1) is 0 Å². The van der Waals surface area contributed by atoms with E-state index in [-0.39, 0.29) is 11.3 Å². The second kappa shape index (κ2) is 9.70. The number of nitrogens with zero attached hydrogens (tertiary/aromatic N) is 1. The Labute approximate surface area is 165 Å². The van der Waals surface area contributed by atoms with Crippen LogP contribution in [0.2, 0.25) is 0 Å². The fourth-order valence-corrected chi connectivity index (χ4v) is 3.29. The highest BCUT2D eigenvalue weighted by atomic mass is 16.3. The molecule has 0 unspecified atom stereocenters. The molecule has 0 saturated carbocycles. The van der Waals surface area contributed by atoms with Gasteiger partial charge in [-0.05, 0) is 35.2 Å². The summed E-state index contributed by atoms with van der Waals surface area (Å²) in [6.45, 7) is 2.18. The molecule has 0 atom stereocenters. The molecule has 0 fully saturated rings. The Morgan fingerprint density at radius 2 is 1.68 bits per heavy atom. The summed E-state index contributed by atoms with van der Waals surface area (Å²) in [5.74, 6) is -0.452. The predicted molar refractivity (Wildman–Crippen MR) is 115 cm³/mol. The zero-order valence-corrected chi connectivity index (χ0v) is 16.2. The largest absolute Gasteiger partial charge is 0.507 e. The van der Waals surface area contributed by atoms with Crippen molar-refractivity contribution in [1.29, 1.82) is 0 Å². The maximum atomic E-state index is 12.8. The van der Waals surface area contributed by atoms with Gasteiger partial charge in [0.15, 0.2) is 0 Å². The summed E-state index contributed by atoms with van der Waals surface area (Å²) in [6, 6.07) is 20.7. The molecule has 0 spiro atoms. The molecule has 1 amide bonds. The van der Waals surface area contributed by atoms with E-state index >= 15 is 0 Å². The molecule has 0 heterocycles. The molecule has 2 N–H and O–H groups in total. The highest BCUT2D eigenvalue weighted by Gasteiger charge is 2.15.